The molecule has 6 atom stereocenters. The van der Waals surface area contributed by atoms with Gasteiger partial charge in [0.25, 0.3) is 0 Å². The van der Waals surface area contributed by atoms with E-state index in [9.17, 15) is 14.0 Å². The minimum atomic E-state index is -1.02. The van der Waals surface area contributed by atoms with Crippen LogP contribution in [0, 0.1) is 23.7 Å². The Morgan fingerprint density at radius 2 is 2.10 bits per heavy atom. The Labute approximate surface area is 179 Å². The second-order valence-electron chi connectivity index (χ2n) is 9.44. The molecule has 6 nitrogen and oxygen atoms in total. The molecule has 2 aliphatic carbocycles. The van der Waals surface area contributed by atoms with Gasteiger partial charge in [-0.2, -0.15) is 0 Å². The minimum Gasteiger partial charge on any atom is -0.369 e. The smallest absolute Gasteiger partial charge is 0.223 e. The fraction of sp³-hybridized carbons (Fsp3) is 0.783. The van der Waals surface area contributed by atoms with Gasteiger partial charge in [0.15, 0.2) is 0 Å². The Morgan fingerprint density at radius 3 is 2.73 bits per heavy atom. The number of alkyl halides is 1. The number of amides is 2. The van der Waals surface area contributed by atoms with Gasteiger partial charge in [-0.1, -0.05) is 25.8 Å². The van der Waals surface area contributed by atoms with E-state index in [4.69, 9.17) is 5.73 Å². The van der Waals surface area contributed by atoms with Crippen LogP contribution < -0.4 is 11.1 Å². The quantitative estimate of drug-likeness (QED) is 0.692. The molecule has 0 aromatic heterocycles. The van der Waals surface area contributed by atoms with Crippen molar-refractivity contribution in [1.82, 2.24) is 10.2 Å². The summed E-state index contributed by atoms with van der Waals surface area (Å²) in [6.07, 6.45) is 5.99. The molecule has 3 aliphatic rings. The first-order valence-electron chi connectivity index (χ1n) is 11.5. The lowest BCUT2D eigenvalue weighted by atomic mass is 9.76. The number of carbonyl (C=O) groups is 2. The summed E-state index contributed by atoms with van der Waals surface area (Å²) >= 11 is 0. The fourth-order valence-corrected chi connectivity index (χ4v) is 5.52. The van der Waals surface area contributed by atoms with Crippen LogP contribution in [0.3, 0.4) is 0 Å². The maximum Gasteiger partial charge on any atom is 0.223 e. The lowest BCUT2D eigenvalue weighted by molar-refractivity contribution is -0.130. The van der Waals surface area contributed by atoms with E-state index in [0.29, 0.717) is 13.1 Å². The molecule has 0 saturated heterocycles. The molecule has 6 unspecified atom stereocenters. The van der Waals surface area contributed by atoms with Crippen molar-refractivity contribution < 1.29 is 14.0 Å². The van der Waals surface area contributed by atoms with E-state index >= 15 is 0 Å². The van der Waals surface area contributed by atoms with Crippen LogP contribution in [0.5, 0.6) is 0 Å². The molecule has 0 aromatic rings. The van der Waals surface area contributed by atoms with Crippen LogP contribution in [-0.4, -0.2) is 48.4 Å². The third-order valence-electron chi connectivity index (χ3n) is 7.28. The van der Waals surface area contributed by atoms with Crippen molar-refractivity contribution in [3.05, 3.63) is 11.3 Å². The zero-order valence-electron chi connectivity index (χ0n) is 18.6. The number of carbonyl (C=O) groups excluding carboxylic acids is 2. The Morgan fingerprint density at radius 1 is 1.33 bits per heavy atom. The Balaban J connectivity index is 1.72. The van der Waals surface area contributed by atoms with E-state index in [1.165, 1.54) is 11.3 Å². The largest absolute Gasteiger partial charge is 0.369 e. The van der Waals surface area contributed by atoms with E-state index in [1.54, 1.807) is 6.92 Å². The Hall–Kier alpha value is -1.92. The van der Waals surface area contributed by atoms with E-state index in [0.717, 1.165) is 38.6 Å². The minimum absolute atomic E-state index is 0.0434. The molecule has 1 heterocycles. The van der Waals surface area contributed by atoms with Crippen molar-refractivity contribution in [3.8, 4) is 0 Å². The molecule has 0 radical (unpaired) electrons. The average Bonchev–Trinajstić information content (AvgIpc) is 3.16. The second-order valence-corrected chi connectivity index (χ2v) is 9.44. The van der Waals surface area contributed by atoms with E-state index in [1.807, 2.05) is 6.21 Å². The molecule has 3 N–H and O–H groups in total. The van der Waals surface area contributed by atoms with Gasteiger partial charge in [0.05, 0.1) is 12.5 Å². The lowest BCUT2D eigenvalue weighted by Gasteiger charge is -2.37. The molecular weight excluding hydrogens is 383 g/mol. The van der Waals surface area contributed by atoms with Crippen molar-refractivity contribution in [2.75, 3.05) is 13.2 Å². The SMILES string of the molecule is CCCC1CC(C)=C(N2CC=NC2)CCC1C(=O)NC1CC(F)C(C)CC1C(N)=O. The van der Waals surface area contributed by atoms with Gasteiger partial charge in [0.1, 0.15) is 12.8 Å². The fourth-order valence-electron chi connectivity index (χ4n) is 5.52. The lowest BCUT2D eigenvalue weighted by Crippen LogP contribution is -2.53. The number of primary amides is 1. The first kappa shape index (κ1) is 22.8. The summed E-state index contributed by atoms with van der Waals surface area (Å²) in [5, 5.41) is 3.05. The molecule has 7 heteroatoms. The molecule has 2 amide bonds. The summed E-state index contributed by atoms with van der Waals surface area (Å²) in [5.74, 6) is -1.07. The summed E-state index contributed by atoms with van der Waals surface area (Å²) in [7, 11) is 0. The van der Waals surface area contributed by atoms with Crippen LogP contribution in [0.2, 0.25) is 0 Å². The summed E-state index contributed by atoms with van der Waals surface area (Å²) in [5.41, 5.74) is 8.25. The Bertz CT molecular complexity index is 699. The number of aliphatic imine (C=N–C) groups is 1. The monoisotopic (exact) mass is 420 g/mol. The average molecular weight is 421 g/mol. The summed E-state index contributed by atoms with van der Waals surface area (Å²) in [6.45, 7) is 7.66. The molecule has 0 bridgehead atoms. The number of nitrogens with zero attached hydrogens (tertiary/aromatic N) is 2. The zero-order valence-corrected chi connectivity index (χ0v) is 18.6. The standard InChI is InChI=1S/C23H37FN4O2/c1-4-5-16-10-15(3)21(28-9-8-26-13-28)7-6-17(16)23(30)27-20-12-19(24)14(2)11-18(20)22(25)29/h8,14,16-20H,4-7,9-13H2,1-3H3,(H2,25,29)(H,27,30). The third-order valence-corrected chi connectivity index (χ3v) is 7.28. The molecule has 1 fully saturated rings. The molecule has 1 saturated carbocycles. The highest BCUT2D eigenvalue weighted by atomic mass is 19.1. The molecule has 30 heavy (non-hydrogen) atoms. The van der Waals surface area contributed by atoms with Crippen LogP contribution >= 0.6 is 0 Å². The first-order chi connectivity index (χ1) is 14.3. The van der Waals surface area contributed by atoms with Gasteiger partial charge < -0.3 is 16.0 Å². The van der Waals surface area contributed by atoms with E-state index in [-0.39, 0.29) is 30.1 Å². The van der Waals surface area contributed by atoms with Crippen molar-refractivity contribution in [2.45, 2.75) is 77.9 Å². The van der Waals surface area contributed by atoms with Crippen molar-refractivity contribution in [1.29, 1.82) is 0 Å². The number of allylic oxidation sites excluding steroid dienone is 2. The van der Waals surface area contributed by atoms with E-state index in [2.05, 4.69) is 29.1 Å². The van der Waals surface area contributed by atoms with Crippen LogP contribution in [0.1, 0.15) is 65.7 Å². The van der Waals surface area contributed by atoms with Crippen LogP contribution in [-0.2, 0) is 9.59 Å². The number of hydrogen-bond donors (Lipinski definition) is 2. The van der Waals surface area contributed by atoms with Crippen molar-refractivity contribution in [2.24, 2.45) is 34.4 Å². The highest BCUT2D eigenvalue weighted by Gasteiger charge is 2.41. The third kappa shape index (κ3) is 5.03. The number of nitrogens with two attached hydrogens (primary N) is 1. The highest BCUT2D eigenvalue weighted by Crippen LogP contribution is 2.38. The van der Waals surface area contributed by atoms with Gasteiger partial charge >= 0.3 is 0 Å². The molecule has 0 spiro atoms. The molecule has 168 valence electrons. The molecule has 0 aromatic carbocycles. The summed E-state index contributed by atoms with van der Waals surface area (Å²) in [6, 6.07) is -0.507. The van der Waals surface area contributed by atoms with Gasteiger partial charge in [-0.25, -0.2) is 4.39 Å². The maximum atomic E-state index is 14.4. The zero-order chi connectivity index (χ0) is 21.8. The van der Waals surface area contributed by atoms with Gasteiger partial charge in [-0.15, -0.1) is 0 Å². The number of halogens is 1. The van der Waals surface area contributed by atoms with Crippen LogP contribution in [0.15, 0.2) is 16.3 Å². The predicted molar refractivity (Wildman–Crippen MR) is 116 cm³/mol. The highest BCUT2D eigenvalue weighted by molar-refractivity contribution is 5.82. The number of nitrogens with one attached hydrogen (secondary N) is 1. The molecular formula is C23H37FN4O2. The van der Waals surface area contributed by atoms with Gasteiger partial charge in [-0.05, 0) is 57.3 Å². The predicted octanol–water partition coefficient (Wildman–Crippen LogP) is 3.18. The van der Waals surface area contributed by atoms with Crippen LogP contribution in [0.25, 0.3) is 0 Å². The summed E-state index contributed by atoms with van der Waals surface area (Å²) in [4.78, 5) is 31.9. The number of hydrogen-bond acceptors (Lipinski definition) is 4. The van der Waals surface area contributed by atoms with Gasteiger partial charge in [0.2, 0.25) is 11.8 Å². The van der Waals surface area contributed by atoms with Crippen molar-refractivity contribution in [3.63, 3.8) is 0 Å². The van der Waals surface area contributed by atoms with Gasteiger partial charge in [-0.3, -0.25) is 14.6 Å². The topological polar surface area (TPSA) is 87.8 Å². The summed E-state index contributed by atoms with van der Waals surface area (Å²) < 4.78 is 14.4. The number of rotatable bonds is 6. The van der Waals surface area contributed by atoms with Crippen molar-refractivity contribution >= 4 is 18.0 Å². The molecule has 1 aliphatic heterocycles. The van der Waals surface area contributed by atoms with E-state index < -0.39 is 24.0 Å². The first-order valence-corrected chi connectivity index (χ1v) is 11.5. The van der Waals surface area contributed by atoms with Crippen LogP contribution in [0.4, 0.5) is 4.39 Å². The molecule has 3 rings (SSSR count). The second kappa shape index (κ2) is 9.92. The Kier molecular flexibility index (Phi) is 7.53. The normalized spacial score (nSPS) is 34.7. The van der Waals surface area contributed by atoms with Gasteiger partial charge in [0, 0.05) is 23.9 Å². The maximum absolute atomic E-state index is 14.4.